The monoisotopic (exact) mass is 276 g/mol. The molecule has 2 nitrogen and oxygen atoms in total. The van der Waals surface area contributed by atoms with Gasteiger partial charge in [-0.05, 0) is 56.2 Å². The summed E-state index contributed by atoms with van der Waals surface area (Å²) < 4.78 is 17.6. The lowest BCUT2D eigenvalue weighted by Gasteiger charge is -2.49. The fourth-order valence-electron chi connectivity index (χ4n) is 5.21. The number of carbonyl (C=O) groups excluding carboxylic acids is 2. The van der Waals surface area contributed by atoms with Gasteiger partial charge in [0.1, 0.15) is 11.6 Å². The average molecular weight is 276 g/mol. The van der Waals surface area contributed by atoms with Gasteiger partial charge in [-0.25, -0.2) is 0 Å². The Balaban J connectivity index is 1.76. The zero-order chi connectivity index (χ0) is 15.7. The van der Waals surface area contributed by atoms with Crippen LogP contribution < -0.4 is 0 Å². The summed E-state index contributed by atoms with van der Waals surface area (Å²) >= 11 is 0. The largest absolute Gasteiger partial charge is 0.299 e. The second-order valence-corrected chi connectivity index (χ2v) is 7.25. The summed E-state index contributed by atoms with van der Waals surface area (Å²) in [4.78, 5) is 24.2. The number of allylic oxidation sites excluding steroid dienone is 2. The first-order chi connectivity index (χ1) is 10.4. The van der Waals surface area contributed by atoms with Crippen molar-refractivity contribution in [2.75, 3.05) is 0 Å². The highest BCUT2D eigenvalue weighted by Crippen LogP contribution is 2.59. The van der Waals surface area contributed by atoms with E-state index in [0.717, 1.165) is 32.1 Å². The van der Waals surface area contributed by atoms with Crippen LogP contribution in [0, 0.1) is 23.1 Å². The Labute approximate surface area is 123 Å². The van der Waals surface area contributed by atoms with Crippen molar-refractivity contribution in [3.63, 3.8) is 0 Å². The van der Waals surface area contributed by atoms with Crippen LogP contribution in [0.3, 0.4) is 0 Å². The molecule has 4 aliphatic carbocycles. The lowest BCUT2D eigenvalue weighted by atomic mass is 9.54. The standard InChI is InChI=1S/C18H24O2/c1-18-9-8-14-13-5-3-12(19)10-11(13)2-4-15(14)16(18)6-7-17(18)20/h14-16H,2-10H2,1H3/t14-,15-,16+,18+/m1/s1/i6T,16T/t6-,14+,15+,16-,18-/m0. The highest BCUT2D eigenvalue weighted by Gasteiger charge is 2.54. The first kappa shape index (κ1) is 10.8. The Kier molecular flexibility index (Phi) is 2.31. The van der Waals surface area contributed by atoms with Crippen LogP contribution in [0.1, 0.15) is 67.4 Å². The van der Waals surface area contributed by atoms with E-state index in [4.69, 9.17) is 2.74 Å². The van der Waals surface area contributed by atoms with E-state index in [1.165, 1.54) is 11.1 Å². The molecular weight excluding hydrogens is 248 g/mol. The zero-order valence-corrected chi connectivity index (χ0v) is 12.2. The molecule has 2 fully saturated rings. The van der Waals surface area contributed by atoms with E-state index in [2.05, 4.69) is 0 Å². The lowest BCUT2D eigenvalue weighted by Crippen LogP contribution is -2.44. The van der Waals surface area contributed by atoms with Gasteiger partial charge in [-0.2, -0.15) is 0 Å². The fourth-order valence-corrected chi connectivity index (χ4v) is 5.21. The van der Waals surface area contributed by atoms with Crippen molar-refractivity contribution < 1.29 is 12.3 Å². The minimum absolute atomic E-state index is 0.132. The predicted molar refractivity (Wildman–Crippen MR) is 77.2 cm³/mol. The normalized spacial score (nSPS) is 53.0. The summed E-state index contributed by atoms with van der Waals surface area (Å²) in [5, 5.41) is 0. The SMILES string of the molecule is [3H][C@H]1CC(=O)[C@@]2(C)CC[C@@H]3C4=C(CC[C@H]3[C@]12[3H])CC(=O)CC4. The zero-order valence-electron chi connectivity index (χ0n) is 14.2. The number of ketones is 2. The Morgan fingerprint density at radius 2 is 2.05 bits per heavy atom. The van der Waals surface area contributed by atoms with Crippen molar-refractivity contribution in [3.05, 3.63) is 11.1 Å². The van der Waals surface area contributed by atoms with E-state index in [0.29, 0.717) is 24.5 Å². The minimum Gasteiger partial charge on any atom is -0.299 e. The Morgan fingerprint density at radius 3 is 2.90 bits per heavy atom. The van der Waals surface area contributed by atoms with Gasteiger partial charge in [0.05, 0.1) is 0 Å². The van der Waals surface area contributed by atoms with E-state index in [1.807, 2.05) is 6.92 Å². The van der Waals surface area contributed by atoms with Gasteiger partial charge in [-0.1, -0.05) is 18.1 Å². The fraction of sp³-hybridized carbons (Fsp3) is 0.778. The molecule has 5 atom stereocenters. The lowest BCUT2D eigenvalue weighted by molar-refractivity contribution is -0.129. The maximum atomic E-state index is 12.4. The molecule has 0 unspecified atom stereocenters. The Bertz CT molecular complexity index is 596. The second-order valence-electron chi connectivity index (χ2n) is 7.25. The quantitative estimate of drug-likeness (QED) is 0.630. The van der Waals surface area contributed by atoms with Crippen molar-refractivity contribution in [2.24, 2.45) is 23.1 Å². The van der Waals surface area contributed by atoms with Crippen LogP contribution in [0.4, 0.5) is 0 Å². The molecule has 2 saturated carbocycles. The molecule has 2 heteroatoms. The van der Waals surface area contributed by atoms with Gasteiger partial charge in [0.15, 0.2) is 0 Å². The van der Waals surface area contributed by atoms with Crippen molar-refractivity contribution in [1.29, 1.82) is 0 Å². The molecule has 0 amide bonds. The molecule has 0 spiro atoms. The Hall–Kier alpha value is -0.920. The number of fused-ring (bicyclic) bond motifs is 4. The molecule has 0 saturated heterocycles. The van der Waals surface area contributed by atoms with Crippen molar-refractivity contribution in [3.8, 4) is 0 Å². The summed E-state index contributed by atoms with van der Waals surface area (Å²) in [6.45, 7) is 1.95. The summed E-state index contributed by atoms with van der Waals surface area (Å²) in [7, 11) is 0. The molecular formula is C18H24O2. The van der Waals surface area contributed by atoms with Crippen molar-refractivity contribution >= 4 is 11.6 Å². The molecule has 0 radical (unpaired) electrons. The number of Topliss-reactive ketones (excluding diaryl/α,β-unsaturated/α-hetero) is 2. The van der Waals surface area contributed by atoms with Gasteiger partial charge in [-0.15, -0.1) is 0 Å². The summed E-state index contributed by atoms with van der Waals surface area (Å²) in [6.07, 6.45) is 5.30. The Morgan fingerprint density at radius 1 is 1.20 bits per heavy atom. The van der Waals surface area contributed by atoms with Gasteiger partial charge < -0.3 is 0 Å². The first-order valence-electron chi connectivity index (χ1n) is 9.13. The van der Waals surface area contributed by atoms with Crippen molar-refractivity contribution in [2.45, 2.75) is 64.7 Å². The second kappa shape index (κ2) is 4.29. The molecule has 0 heterocycles. The molecule has 0 N–H and O–H groups in total. The van der Waals surface area contributed by atoms with Crippen LogP contribution in [-0.2, 0) is 9.59 Å². The van der Waals surface area contributed by atoms with E-state index in [-0.39, 0.29) is 18.1 Å². The van der Waals surface area contributed by atoms with Crippen LogP contribution in [0.5, 0.6) is 0 Å². The molecule has 0 aromatic rings. The topological polar surface area (TPSA) is 34.1 Å². The van der Waals surface area contributed by atoms with E-state index >= 15 is 0 Å². The van der Waals surface area contributed by atoms with Crippen LogP contribution in [0.2, 0.25) is 0 Å². The van der Waals surface area contributed by atoms with Gasteiger partial charge >= 0.3 is 0 Å². The molecule has 108 valence electrons. The molecule has 4 aliphatic rings. The number of hydrogen-bond donors (Lipinski definition) is 0. The molecule has 0 bridgehead atoms. The molecule has 0 aromatic heterocycles. The molecule has 0 aliphatic heterocycles. The number of hydrogen-bond acceptors (Lipinski definition) is 2. The van der Waals surface area contributed by atoms with Crippen LogP contribution in [-0.4, -0.2) is 11.6 Å². The van der Waals surface area contributed by atoms with Crippen LogP contribution >= 0.6 is 0 Å². The van der Waals surface area contributed by atoms with Gasteiger partial charge in [0.25, 0.3) is 0 Å². The minimum atomic E-state index is -0.924. The highest BCUT2D eigenvalue weighted by atomic mass is 16.1. The van der Waals surface area contributed by atoms with Crippen LogP contribution in [0.25, 0.3) is 0 Å². The molecule has 20 heavy (non-hydrogen) atoms. The van der Waals surface area contributed by atoms with Gasteiger partial charge in [0.2, 0.25) is 0 Å². The maximum absolute atomic E-state index is 12.4. The summed E-state index contributed by atoms with van der Waals surface area (Å²) in [5.74, 6) is 0.0493. The first-order valence-corrected chi connectivity index (χ1v) is 8.06. The third-order valence-corrected chi connectivity index (χ3v) is 6.34. The van der Waals surface area contributed by atoms with E-state index < -0.39 is 17.7 Å². The number of carbonyl (C=O) groups is 2. The summed E-state index contributed by atoms with van der Waals surface area (Å²) in [6, 6.07) is 0. The average Bonchev–Trinajstić information content (AvgIpc) is 2.66. The smallest absolute Gasteiger partial charge is 0.139 e. The van der Waals surface area contributed by atoms with Gasteiger partial charge in [-0.3, -0.25) is 9.59 Å². The van der Waals surface area contributed by atoms with Crippen LogP contribution in [0.15, 0.2) is 11.1 Å². The molecule has 4 rings (SSSR count). The third kappa shape index (κ3) is 1.63. The van der Waals surface area contributed by atoms with Crippen molar-refractivity contribution in [1.82, 2.24) is 0 Å². The third-order valence-electron chi connectivity index (χ3n) is 6.34. The predicted octanol–water partition coefficient (Wildman–Crippen LogP) is 3.84. The number of rotatable bonds is 0. The van der Waals surface area contributed by atoms with E-state index in [9.17, 15) is 9.59 Å². The van der Waals surface area contributed by atoms with Gasteiger partial charge in [0, 0.05) is 27.4 Å². The highest BCUT2D eigenvalue weighted by molar-refractivity contribution is 5.87. The summed E-state index contributed by atoms with van der Waals surface area (Å²) in [5.41, 5.74) is 2.13. The maximum Gasteiger partial charge on any atom is 0.139 e. The van der Waals surface area contributed by atoms with E-state index in [1.54, 1.807) is 0 Å². The molecule has 0 aromatic carbocycles.